The van der Waals surface area contributed by atoms with E-state index in [2.05, 4.69) is 5.32 Å². The monoisotopic (exact) mass is 282 g/mol. The fraction of sp³-hybridized carbons (Fsp3) is 0.385. The summed E-state index contributed by atoms with van der Waals surface area (Å²) in [6, 6.07) is 7.06. The number of ether oxygens (including phenoxy) is 1. The number of morpholine rings is 1. The van der Waals surface area contributed by atoms with Gasteiger partial charge in [-0.3, -0.25) is 9.59 Å². The van der Waals surface area contributed by atoms with Gasteiger partial charge in [-0.2, -0.15) is 0 Å². The summed E-state index contributed by atoms with van der Waals surface area (Å²) in [5.41, 5.74) is 0.783. The first-order chi connectivity index (χ1) is 9.06. The van der Waals surface area contributed by atoms with E-state index in [0.29, 0.717) is 18.1 Å². The zero-order chi connectivity index (χ0) is 13.8. The van der Waals surface area contributed by atoms with Crippen LogP contribution in [0.2, 0.25) is 5.02 Å². The van der Waals surface area contributed by atoms with Crippen LogP contribution in [0.4, 0.5) is 5.69 Å². The number of benzene rings is 1. The van der Waals surface area contributed by atoms with E-state index in [9.17, 15) is 9.59 Å². The fourth-order valence-electron chi connectivity index (χ4n) is 1.88. The smallest absolute Gasteiger partial charge is 0.253 e. The number of amides is 2. The SMILES string of the molecule is CC(=O)NCC1CN(c2ccc(Cl)cc2)C(=O)CO1. The Morgan fingerprint density at radius 1 is 1.47 bits per heavy atom. The fourth-order valence-corrected chi connectivity index (χ4v) is 2.00. The molecular formula is C13H15ClN2O3. The summed E-state index contributed by atoms with van der Waals surface area (Å²) in [5, 5.41) is 3.31. The molecule has 19 heavy (non-hydrogen) atoms. The number of nitrogens with zero attached hydrogens (tertiary/aromatic N) is 1. The van der Waals surface area contributed by atoms with Gasteiger partial charge in [-0.05, 0) is 24.3 Å². The first kappa shape index (κ1) is 13.8. The minimum atomic E-state index is -0.197. The molecule has 1 aliphatic rings. The van der Waals surface area contributed by atoms with Crippen LogP contribution in [0.1, 0.15) is 6.92 Å². The summed E-state index contributed by atoms with van der Waals surface area (Å²) in [7, 11) is 0. The highest BCUT2D eigenvalue weighted by Crippen LogP contribution is 2.20. The van der Waals surface area contributed by atoms with Gasteiger partial charge in [0.2, 0.25) is 5.91 Å². The van der Waals surface area contributed by atoms with Gasteiger partial charge >= 0.3 is 0 Å². The molecule has 1 aromatic rings. The van der Waals surface area contributed by atoms with Crippen molar-refractivity contribution < 1.29 is 14.3 Å². The molecule has 1 fully saturated rings. The van der Waals surface area contributed by atoms with Crippen LogP contribution in [0.5, 0.6) is 0 Å². The van der Waals surface area contributed by atoms with Gasteiger partial charge in [0.1, 0.15) is 6.61 Å². The van der Waals surface area contributed by atoms with Crippen molar-refractivity contribution in [3.05, 3.63) is 29.3 Å². The van der Waals surface area contributed by atoms with Crippen LogP contribution < -0.4 is 10.2 Å². The first-order valence-corrected chi connectivity index (χ1v) is 6.36. The molecule has 1 N–H and O–H groups in total. The number of nitrogens with one attached hydrogen (secondary N) is 1. The van der Waals surface area contributed by atoms with Gasteiger partial charge in [-0.1, -0.05) is 11.6 Å². The van der Waals surface area contributed by atoms with Crippen LogP contribution in [-0.2, 0) is 14.3 Å². The Morgan fingerprint density at radius 2 is 2.16 bits per heavy atom. The molecule has 102 valence electrons. The van der Waals surface area contributed by atoms with Gasteiger partial charge in [-0.15, -0.1) is 0 Å². The molecule has 0 saturated carbocycles. The van der Waals surface area contributed by atoms with Crippen LogP contribution >= 0.6 is 11.6 Å². The molecule has 1 saturated heterocycles. The Balaban J connectivity index is 2.04. The second kappa shape index (κ2) is 6.04. The van der Waals surface area contributed by atoms with E-state index in [-0.39, 0.29) is 24.5 Å². The molecule has 5 nitrogen and oxygen atoms in total. The Morgan fingerprint density at radius 3 is 2.79 bits per heavy atom. The molecule has 6 heteroatoms. The molecule has 1 aliphatic heterocycles. The van der Waals surface area contributed by atoms with Crippen molar-refractivity contribution in [2.45, 2.75) is 13.0 Å². The highest BCUT2D eigenvalue weighted by molar-refractivity contribution is 6.30. The van der Waals surface area contributed by atoms with Crippen molar-refractivity contribution in [2.75, 3.05) is 24.6 Å². The zero-order valence-electron chi connectivity index (χ0n) is 10.6. The summed E-state index contributed by atoms with van der Waals surface area (Å²) in [4.78, 5) is 24.4. The summed E-state index contributed by atoms with van der Waals surface area (Å²) in [5.74, 6) is -0.208. The molecule has 0 aromatic heterocycles. The molecule has 1 unspecified atom stereocenters. The Bertz CT molecular complexity index is 475. The molecular weight excluding hydrogens is 268 g/mol. The second-order valence-electron chi connectivity index (χ2n) is 4.35. The number of halogens is 1. The Labute approximate surface area is 116 Å². The van der Waals surface area contributed by atoms with Crippen LogP contribution in [0.3, 0.4) is 0 Å². The molecule has 0 spiro atoms. The lowest BCUT2D eigenvalue weighted by molar-refractivity contribution is -0.129. The topological polar surface area (TPSA) is 58.6 Å². The Hall–Kier alpha value is -1.59. The van der Waals surface area contributed by atoms with Crippen LogP contribution in [0.25, 0.3) is 0 Å². The van der Waals surface area contributed by atoms with E-state index >= 15 is 0 Å². The van der Waals surface area contributed by atoms with Gasteiger partial charge in [0.25, 0.3) is 5.91 Å². The predicted octanol–water partition coefficient (Wildman–Crippen LogP) is 1.21. The van der Waals surface area contributed by atoms with Crippen LogP contribution in [0.15, 0.2) is 24.3 Å². The van der Waals surface area contributed by atoms with E-state index in [1.54, 1.807) is 29.2 Å². The summed E-state index contributed by atoms with van der Waals surface area (Å²) < 4.78 is 5.38. The average molecular weight is 283 g/mol. The van der Waals surface area contributed by atoms with Gasteiger partial charge in [0.15, 0.2) is 0 Å². The van der Waals surface area contributed by atoms with Crippen LogP contribution in [0, 0.1) is 0 Å². The number of rotatable bonds is 3. The molecule has 0 aliphatic carbocycles. The summed E-state index contributed by atoms with van der Waals surface area (Å²) in [6.07, 6.45) is -0.197. The van der Waals surface area contributed by atoms with Gasteiger partial charge in [0, 0.05) is 24.2 Å². The number of hydrogen-bond donors (Lipinski definition) is 1. The maximum atomic E-state index is 11.8. The third kappa shape index (κ3) is 3.68. The molecule has 1 atom stereocenters. The average Bonchev–Trinajstić information content (AvgIpc) is 2.39. The number of carbonyl (C=O) groups is 2. The van der Waals surface area contributed by atoms with Crippen molar-refractivity contribution in [3.8, 4) is 0 Å². The summed E-state index contributed by atoms with van der Waals surface area (Å²) in [6.45, 7) is 2.28. The van der Waals surface area contributed by atoms with Gasteiger partial charge in [0.05, 0.1) is 12.6 Å². The highest BCUT2D eigenvalue weighted by atomic mass is 35.5. The zero-order valence-corrected chi connectivity index (χ0v) is 11.3. The third-order valence-corrected chi connectivity index (χ3v) is 3.10. The van der Waals surface area contributed by atoms with Crippen LogP contribution in [-0.4, -0.2) is 37.6 Å². The second-order valence-corrected chi connectivity index (χ2v) is 4.79. The van der Waals surface area contributed by atoms with Crippen molar-refractivity contribution in [1.29, 1.82) is 0 Å². The quantitative estimate of drug-likeness (QED) is 0.906. The maximum absolute atomic E-state index is 11.8. The van der Waals surface area contributed by atoms with Crippen molar-refractivity contribution in [1.82, 2.24) is 5.32 Å². The van der Waals surface area contributed by atoms with E-state index in [1.807, 2.05) is 0 Å². The lowest BCUT2D eigenvalue weighted by Gasteiger charge is -2.32. The molecule has 2 rings (SSSR count). The third-order valence-electron chi connectivity index (χ3n) is 2.85. The number of anilines is 1. The van der Waals surface area contributed by atoms with E-state index in [0.717, 1.165) is 5.69 Å². The van der Waals surface area contributed by atoms with Gasteiger partial charge in [-0.25, -0.2) is 0 Å². The Kier molecular flexibility index (Phi) is 4.39. The standard InChI is InChI=1S/C13H15ClN2O3/c1-9(17)15-6-12-7-16(13(18)8-19-12)11-4-2-10(14)3-5-11/h2-5,12H,6-8H2,1H3,(H,15,17). The first-order valence-electron chi connectivity index (χ1n) is 5.98. The van der Waals surface area contributed by atoms with E-state index in [1.165, 1.54) is 6.92 Å². The largest absolute Gasteiger partial charge is 0.365 e. The molecule has 1 aromatic carbocycles. The normalized spacial score (nSPS) is 19.4. The minimum absolute atomic E-state index is 0.0207. The minimum Gasteiger partial charge on any atom is -0.365 e. The van der Waals surface area contributed by atoms with Crippen molar-refractivity contribution in [3.63, 3.8) is 0 Å². The summed E-state index contributed by atoms with van der Waals surface area (Å²) >= 11 is 5.82. The molecule has 1 heterocycles. The molecule has 0 radical (unpaired) electrons. The van der Waals surface area contributed by atoms with E-state index in [4.69, 9.17) is 16.3 Å². The van der Waals surface area contributed by atoms with Crippen molar-refractivity contribution in [2.24, 2.45) is 0 Å². The van der Waals surface area contributed by atoms with Crippen molar-refractivity contribution >= 4 is 29.1 Å². The molecule has 0 bridgehead atoms. The number of hydrogen-bond acceptors (Lipinski definition) is 3. The lowest BCUT2D eigenvalue weighted by atomic mass is 10.2. The molecule has 2 amide bonds. The lowest BCUT2D eigenvalue weighted by Crippen LogP contribution is -2.50. The maximum Gasteiger partial charge on any atom is 0.253 e. The highest BCUT2D eigenvalue weighted by Gasteiger charge is 2.27. The van der Waals surface area contributed by atoms with E-state index < -0.39 is 0 Å². The number of carbonyl (C=O) groups excluding carboxylic acids is 2. The predicted molar refractivity (Wildman–Crippen MR) is 72.2 cm³/mol. The van der Waals surface area contributed by atoms with Gasteiger partial charge < -0.3 is 15.0 Å².